The van der Waals surface area contributed by atoms with Gasteiger partial charge in [-0.1, -0.05) is 6.92 Å². The van der Waals surface area contributed by atoms with Gasteiger partial charge in [0.2, 0.25) is 0 Å². The number of nitrogens with two attached hydrogens (primary N) is 1. The first-order valence-electron chi connectivity index (χ1n) is 6.56. The van der Waals surface area contributed by atoms with Crippen LogP contribution in [-0.2, 0) is 11.3 Å². The lowest BCUT2D eigenvalue weighted by Gasteiger charge is -2.19. The van der Waals surface area contributed by atoms with E-state index in [1.165, 1.54) is 0 Å². The monoisotopic (exact) mass is 332 g/mol. The Labute approximate surface area is 124 Å². The summed E-state index contributed by atoms with van der Waals surface area (Å²) in [6, 6.07) is -0.0239. The summed E-state index contributed by atoms with van der Waals surface area (Å²) in [7, 11) is 5.83. The van der Waals surface area contributed by atoms with Crippen LogP contribution in [0.15, 0.2) is 10.7 Å². The van der Waals surface area contributed by atoms with Crippen molar-refractivity contribution >= 4 is 15.9 Å². The molecule has 19 heavy (non-hydrogen) atoms. The van der Waals surface area contributed by atoms with Gasteiger partial charge in [0, 0.05) is 26.3 Å². The van der Waals surface area contributed by atoms with Crippen molar-refractivity contribution in [3.8, 4) is 0 Å². The summed E-state index contributed by atoms with van der Waals surface area (Å²) in [6.45, 7) is 4.68. The Kier molecular flexibility index (Phi) is 6.99. The first-order chi connectivity index (χ1) is 8.95. The maximum atomic E-state index is 6.32. The summed E-state index contributed by atoms with van der Waals surface area (Å²) in [5, 5.41) is 4.39. The zero-order chi connectivity index (χ0) is 14.4. The maximum Gasteiger partial charge on any atom is 0.0694 e. The molecule has 0 aliphatic rings. The molecular formula is C13H25BrN4O. The number of hydrogen-bond donors (Lipinski definition) is 1. The van der Waals surface area contributed by atoms with E-state index in [9.17, 15) is 0 Å². The van der Waals surface area contributed by atoms with Crippen LogP contribution in [0.1, 0.15) is 25.1 Å². The highest BCUT2D eigenvalue weighted by Crippen LogP contribution is 2.26. The number of nitrogens with zero attached hydrogens (tertiary/aromatic N) is 3. The first-order valence-corrected chi connectivity index (χ1v) is 7.35. The number of aromatic nitrogens is 2. The molecule has 1 heterocycles. The van der Waals surface area contributed by atoms with Gasteiger partial charge in [-0.25, -0.2) is 0 Å². The van der Waals surface area contributed by atoms with Crippen LogP contribution in [0.25, 0.3) is 0 Å². The van der Waals surface area contributed by atoms with Crippen LogP contribution in [-0.4, -0.2) is 49.0 Å². The second-order valence-corrected chi connectivity index (χ2v) is 6.16. The Morgan fingerprint density at radius 3 is 2.79 bits per heavy atom. The Hall–Kier alpha value is -0.430. The molecule has 0 fully saturated rings. The molecule has 0 bridgehead atoms. The molecule has 2 atom stereocenters. The number of hydrogen-bond acceptors (Lipinski definition) is 4. The number of methoxy groups -OCH3 is 1. The van der Waals surface area contributed by atoms with Crippen molar-refractivity contribution in [1.29, 1.82) is 0 Å². The Morgan fingerprint density at radius 1 is 1.53 bits per heavy atom. The summed E-state index contributed by atoms with van der Waals surface area (Å²) < 4.78 is 8.15. The molecular weight excluding hydrogens is 308 g/mol. The molecule has 1 rings (SSSR count). The van der Waals surface area contributed by atoms with Crippen molar-refractivity contribution in [3.05, 3.63) is 16.4 Å². The third kappa shape index (κ3) is 5.22. The summed E-state index contributed by atoms with van der Waals surface area (Å²) in [6.07, 6.45) is 2.71. The highest BCUT2D eigenvalue weighted by atomic mass is 79.9. The summed E-state index contributed by atoms with van der Waals surface area (Å²) in [5.41, 5.74) is 7.39. The summed E-state index contributed by atoms with van der Waals surface area (Å²) >= 11 is 3.55. The van der Waals surface area contributed by atoms with Gasteiger partial charge in [-0.15, -0.1) is 0 Å². The minimum absolute atomic E-state index is 0.0239. The molecule has 0 amide bonds. The Bertz CT molecular complexity index is 381. The molecule has 0 aromatic carbocycles. The third-order valence-electron chi connectivity index (χ3n) is 3.05. The first kappa shape index (κ1) is 16.6. The molecule has 2 unspecified atom stereocenters. The average Bonchev–Trinajstić information content (AvgIpc) is 2.68. The van der Waals surface area contributed by atoms with E-state index >= 15 is 0 Å². The van der Waals surface area contributed by atoms with Gasteiger partial charge >= 0.3 is 0 Å². The van der Waals surface area contributed by atoms with E-state index < -0.39 is 0 Å². The topological polar surface area (TPSA) is 56.3 Å². The number of halogens is 1. The van der Waals surface area contributed by atoms with Gasteiger partial charge < -0.3 is 15.4 Å². The molecule has 0 radical (unpaired) electrons. The van der Waals surface area contributed by atoms with Crippen LogP contribution in [0.4, 0.5) is 0 Å². The van der Waals surface area contributed by atoms with Crippen molar-refractivity contribution in [3.63, 3.8) is 0 Å². The second-order valence-electron chi connectivity index (χ2n) is 5.31. The minimum atomic E-state index is -0.0239. The van der Waals surface area contributed by atoms with Crippen LogP contribution in [0, 0.1) is 5.92 Å². The number of likely N-dealkylation sites (N-methyl/N-ethyl adjacent to an activating group) is 1. The van der Waals surface area contributed by atoms with E-state index in [4.69, 9.17) is 10.5 Å². The van der Waals surface area contributed by atoms with E-state index in [0.717, 1.165) is 36.3 Å². The molecule has 110 valence electrons. The Morgan fingerprint density at radius 2 is 2.21 bits per heavy atom. The van der Waals surface area contributed by atoms with E-state index in [1.54, 1.807) is 7.11 Å². The van der Waals surface area contributed by atoms with E-state index in [2.05, 4.69) is 46.9 Å². The van der Waals surface area contributed by atoms with E-state index in [1.807, 2.05) is 10.9 Å². The van der Waals surface area contributed by atoms with Crippen LogP contribution in [0.2, 0.25) is 0 Å². The molecule has 6 heteroatoms. The molecule has 0 saturated heterocycles. The fourth-order valence-corrected chi connectivity index (χ4v) is 2.70. The second kappa shape index (κ2) is 7.99. The minimum Gasteiger partial charge on any atom is -0.384 e. The molecule has 2 N–H and O–H groups in total. The fraction of sp³-hybridized carbons (Fsp3) is 0.769. The van der Waals surface area contributed by atoms with Crippen LogP contribution in [0.3, 0.4) is 0 Å². The van der Waals surface area contributed by atoms with Crippen LogP contribution in [0.5, 0.6) is 0 Å². The van der Waals surface area contributed by atoms with Crippen molar-refractivity contribution in [2.45, 2.75) is 25.9 Å². The maximum absolute atomic E-state index is 6.32. The summed E-state index contributed by atoms with van der Waals surface area (Å²) in [4.78, 5) is 2.14. The summed E-state index contributed by atoms with van der Waals surface area (Å²) in [5.74, 6) is 0.434. The normalized spacial score (nSPS) is 14.9. The number of rotatable bonds is 8. The standard InChI is InChI=1S/C13H25BrN4O/c1-10(9-19-4)7-12(15)13-11(14)8-16-18(13)6-5-17(2)3/h8,10,12H,5-7,9,15H2,1-4H3. The SMILES string of the molecule is COCC(C)CC(N)c1c(Br)cnn1CCN(C)C. The zero-order valence-corrected chi connectivity index (χ0v) is 13.9. The van der Waals surface area contributed by atoms with Crippen LogP contribution < -0.4 is 5.73 Å². The van der Waals surface area contributed by atoms with Crippen LogP contribution >= 0.6 is 15.9 Å². The predicted molar refractivity (Wildman–Crippen MR) is 81.1 cm³/mol. The quantitative estimate of drug-likeness (QED) is 0.789. The van der Waals surface area contributed by atoms with Gasteiger partial charge in [-0.3, -0.25) is 4.68 Å². The van der Waals surface area contributed by atoms with Gasteiger partial charge in [0.05, 0.1) is 22.9 Å². The molecule has 0 spiro atoms. The lowest BCUT2D eigenvalue weighted by molar-refractivity contribution is 0.151. The molecule has 1 aromatic rings. The highest BCUT2D eigenvalue weighted by molar-refractivity contribution is 9.10. The molecule has 0 aliphatic heterocycles. The lowest BCUT2D eigenvalue weighted by Crippen LogP contribution is -2.24. The van der Waals surface area contributed by atoms with Gasteiger partial charge in [-0.05, 0) is 42.4 Å². The Balaban J connectivity index is 2.72. The predicted octanol–water partition coefficient (Wildman–Crippen LogP) is 1.88. The van der Waals surface area contributed by atoms with E-state index in [-0.39, 0.29) is 6.04 Å². The van der Waals surface area contributed by atoms with Gasteiger partial charge in [-0.2, -0.15) is 5.10 Å². The largest absolute Gasteiger partial charge is 0.384 e. The third-order valence-corrected chi connectivity index (χ3v) is 3.66. The van der Waals surface area contributed by atoms with Gasteiger partial charge in [0.1, 0.15) is 0 Å². The van der Waals surface area contributed by atoms with Gasteiger partial charge in [0.15, 0.2) is 0 Å². The average molecular weight is 333 g/mol. The lowest BCUT2D eigenvalue weighted by atomic mass is 10.0. The smallest absolute Gasteiger partial charge is 0.0694 e. The molecule has 5 nitrogen and oxygen atoms in total. The van der Waals surface area contributed by atoms with E-state index in [0.29, 0.717) is 5.92 Å². The van der Waals surface area contributed by atoms with Crippen molar-refractivity contribution in [1.82, 2.24) is 14.7 Å². The fourth-order valence-electron chi connectivity index (χ4n) is 2.11. The zero-order valence-electron chi connectivity index (χ0n) is 12.3. The van der Waals surface area contributed by atoms with Crippen molar-refractivity contribution < 1.29 is 4.74 Å². The highest BCUT2D eigenvalue weighted by Gasteiger charge is 2.19. The molecule has 1 aromatic heterocycles. The van der Waals surface area contributed by atoms with Gasteiger partial charge in [0.25, 0.3) is 0 Å². The van der Waals surface area contributed by atoms with Crippen molar-refractivity contribution in [2.75, 3.05) is 34.4 Å². The number of ether oxygens (including phenoxy) is 1. The molecule has 0 aliphatic carbocycles. The molecule has 0 saturated carbocycles. The van der Waals surface area contributed by atoms with Crippen molar-refractivity contribution in [2.24, 2.45) is 11.7 Å².